The van der Waals surface area contributed by atoms with Gasteiger partial charge in [0.1, 0.15) is 0 Å². The molecule has 20 heavy (non-hydrogen) atoms. The van der Waals surface area contributed by atoms with Crippen molar-refractivity contribution in [2.75, 3.05) is 0 Å². The van der Waals surface area contributed by atoms with E-state index in [-0.39, 0.29) is 0 Å². The number of aryl methyl sites for hydroxylation is 2. The van der Waals surface area contributed by atoms with E-state index in [0.29, 0.717) is 0 Å². The number of rotatable bonds is 1. The average molecular weight is 390 g/mol. The van der Waals surface area contributed by atoms with Crippen LogP contribution in [0.25, 0.3) is 21.9 Å². The maximum absolute atomic E-state index is 3.72. The zero-order chi connectivity index (χ0) is 14.3. The van der Waals surface area contributed by atoms with Gasteiger partial charge in [0.05, 0.1) is 0 Å². The fourth-order valence-corrected chi connectivity index (χ4v) is 4.04. The van der Waals surface area contributed by atoms with Crippen molar-refractivity contribution in [2.45, 2.75) is 13.8 Å². The predicted molar refractivity (Wildman–Crippen MR) is 94.3 cm³/mol. The van der Waals surface area contributed by atoms with Gasteiger partial charge in [-0.2, -0.15) is 0 Å². The van der Waals surface area contributed by atoms with Crippen LogP contribution in [0.3, 0.4) is 0 Å². The van der Waals surface area contributed by atoms with Crippen molar-refractivity contribution >= 4 is 42.6 Å². The minimum Gasteiger partial charge on any atom is -0.0622 e. The minimum atomic E-state index is 1.12. The molecule has 0 aliphatic heterocycles. The van der Waals surface area contributed by atoms with Crippen LogP contribution in [0.4, 0.5) is 0 Å². The van der Waals surface area contributed by atoms with Crippen LogP contribution in [-0.4, -0.2) is 0 Å². The summed E-state index contributed by atoms with van der Waals surface area (Å²) in [5.41, 5.74) is 5.13. The third-order valence-corrected chi connectivity index (χ3v) is 5.00. The van der Waals surface area contributed by atoms with Gasteiger partial charge in [-0.3, -0.25) is 0 Å². The molecule has 0 bridgehead atoms. The second-order valence-corrected chi connectivity index (χ2v) is 6.77. The van der Waals surface area contributed by atoms with Gasteiger partial charge in [-0.05, 0) is 47.4 Å². The molecule has 0 unspecified atom stereocenters. The highest BCUT2D eigenvalue weighted by Gasteiger charge is 2.12. The summed E-state index contributed by atoms with van der Waals surface area (Å²) in [6, 6.07) is 17.2. The van der Waals surface area contributed by atoms with Gasteiger partial charge >= 0.3 is 0 Å². The lowest BCUT2D eigenvalue weighted by atomic mass is 9.95. The van der Waals surface area contributed by atoms with Crippen molar-refractivity contribution in [3.63, 3.8) is 0 Å². The van der Waals surface area contributed by atoms with Crippen molar-refractivity contribution in [2.24, 2.45) is 0 Å². The topological polar surface area (TPSA) is 0 Å². The minimum absolute atomic E-state index is 1.12. The van der Waals surface area contributed by atoms with E-state index in [1.54, 1.807) is 0 Å². The molecule has 100 valence electrons. The third kappa shape index (κ3) is 2.32. The van der Waals surface area contributed by atoms with E-state index in [1.165, 1.54) is 33.0 Å². The lowest BCUT2D eigenvalue weighted by molar-refractivity contribution is 1.36. The van der Waals surface area contributed by atoms with E-state index in [4.69, 9.17) is 0 Å². The molecule has 0 radical (unpaired) electrons. The summed E-state index contributed by atoms with van der Waals surface area (Å²) in [7, 11) is 0. The molecule has 2 heteroatoms. The first-order valence-electron chi connectivity index (χ1n) is 6.52. The zero-order valence-electron chi connectivity index (χ0n) is 11.4. The summed E-state index contributed by atoms with van der Waals surface area (Å²) in [4.78, 5) is 0. The lowest BCUT2D eigenvalue weighted by Gasteiger charge is -2.13. The Bertz CT molecular complexity index is 790. The Labute approximate surface area is 136 Å². The van der Waals surface area contributed by atoms with Crippen molar-refractivity contribution in [3.8, 4) is 11.1 Å². The highest BCUT2D eigenvalue weighted by molar-refractivity contribution is 9.11. The maximum Gasteiger partial charge on any atom is 0.0271 e. The van der Waals surface area contributed by atoms with Crippen LogP contribution < -0.4 is 0 Å². The normalized spacial score (nSPS) is 11.0. The van der Waals surface area contributed by atoms with Gasteiger partial charge in [-0.1, -0.05) is 74.3 Å². The van der Waals surface area contributed by atoms with Crippen LogP contribution >= 0.6 is 31.9 Å². The van der Waals surface area contributed by atoms with Crippen LogP contribution in [0.1, 0.15) is 11.1 Å². The first-order valence-corrected chi connectivity index (χ1v) is 8.11. The van der Waals surface area contributed by atoms with Crippen LogP contribution in [0, 0.1) is 13.8 Å². The summed E-state index contributed by atoms with van der Waals surface area (Å²) in [5, 5.41) is 2.54. The van der Waals surface area contributed by atoms with Crippen LogP contribution in [0.2, 0.25) is 0 Å². The third-order valence-electron chi connectivity index (χ3n) is 3.72. The number of halogens is 2. The van der Waals surface area contributed by atoms with E-state index >= 15 is 0 Å². The molecule has 0 aliphatic rings. The molecule has 3 aromatic rings. The molecule has 3 rings (SSSR count). The molecule has 0 fully saturated rings. The van der Waals surface area contributed by atoms with E-state index in [2.05, 4.69) is 88.2 Å². The lowest BCUT2D eigenvalue weighted by Crippen LogP contribution is -1.88. The van der Waals surface area contributed by atoms with Crippen LogP contribution in [0.15, 0.2) is 57.5 Å². The highest BCUT2D eigenvalue weighted by atomic mass is 79.9. The molecular formula is C18H14Br2. The molecule has 0 atom stereocenters. The number of fused-ring (bicyclic) bond motifs is 1. The van der Waals surface area contributed by atoms with Gasteiger partial charge in [0.25, 0.3) is 0 Å². The summed E-state index contributed by atoms with van der Waals surface area (Å²) in [5.74, 6) is 0. The second kappa shape index (κ2) is 5.34. The van der Waals surface area contributed by atoms with Crippen molar-refractivity contribution in [1.82, 2.24) is 0 Å². The van der Waals surface area contributed by atoms with Gasteiger partial charge in [-0.25, -0.2) is 0 Å². The standard InChI is InChI=1S/C18H14Br2/c1-11-8-14-15(9-12(11)2)18(17(20)10-16(14)19)13-6-4-3-5-7-13/h3-10H,1-2H3. The molecule has 0 saturated heterocycles. The molecule has 0 amide bonds. The fraction of sp³-hybridized carbons (Fsp3) is 0.111. The first-order chi connectivity index (χ1) is 9.58. The number of benzene rings is 3. The summed E-state index contributed by atoms with van der Waals surface area (Å²) < 4.78 is 2.24. The van der Waals surface area contributed by atoms with Gasteiger partial charge in [-0.15, -0.1) is 0 Å². The molecule has 0 nitrogen and oxygen atoms in total. The summed E-state index contributed by atoms with van der Waals surface area (Å²) >= 11 is 7.40. The summed E-state index contributed by atoms with van der Waals surface area (Å²) in [6.07, 6.45) is 0. The Morgan fingerprint density at radius 3 is 1.95 bits per heavy atom. The van der Waals surface area contributed by atoms with Crippen LogP contribution in [0.5, 0.6) is 0 Å². The van der Waals surface area contributed by atoms with E-state index in [9.17, 15) is 0 Å². The molecule has 3 aromatic carbocycles. The van der Waals surface area contributed by atoms with Gasteiger partial charge in [0.2, 0.25) is 0 Å². The fourth-order valence-electron chi connectivity index (χ4n) is 2.51. The van der Waals surface area contributed by atoms with Gasteiger partial charge in [0.15, 0.2) is 0 Å². The Hall–Kier alpha value is -1.12. The Morgan fingerprint density at radius 1 is 0.700 bits per heavy atom. The van der Waals surface area contributed by atoms with Gasteiger partial charge < -0.3 is 0 Å². The predicted octanol–water partition coefficient (Wildman–Crippen LogP) is 6.65. The SMILES string of the molecule is Cc1cc2c(Br)cc(Br)c(-c3ccccc3)c2cc1C. The average Bonchev–Trinajstić information content (AvgIpc) is 2.42. The van der Waals surface area contributed by atoms with Crippen LogP contribution in [-0.2, 0) is 0 Å². The number of hydrogen-bond donors (Lipinski definition) is 0. The van der Waals surface area contributed by atoms with Crippen molar-refractivity contribution < 1.29 is 0 Å². The largest absolute Gasteiger partial charge is 0.0622 e. The molecule has 0 aromatic heterocycles. The Kier molecular flexibility index (Phi) is 3.70. The van der Waals surface area contributed by atoms with Crippen molar-refractivity contribution in [1.29, 1.82) is 0 Å². The maximum atomic E-state index is 3.72. The highest BCUT2D eigenvalue weighted by Crippen LogP contribution is 2.40. The molecule has 0 spiro atoms. The Morgan fingerprint density at radius 2 is 1.30 bits per heavy atom. The molecule has 0 heterocycles. The van der Waals surface area contributed by atoms with E-state index in [0.717, 1.165) is 8.95 Å². The monoisotopic (exact) mass is 388 g/mol. The quantitative estimate of drug-likeness (QED) is 0.437. The molecule has 0 N–H and O–H groups in total. The van der Waals surface area contributed by atoms with Gasteiger partial charge in [0, 0.05) is 14.5 Å². The van der Waals surface area contributed by atoms with Crippen molar-refractivity contribution in [3.05, 3.63) is 68.6 Å². The molecule has 0 saturated carbocycles. The van der Waals surface area contributed by atoms with E-state index in [1.807, 2.05) is 6.07 Å². The number of hydrogen-bond acceptors (Lipinski definition) is 0. The van der Waals surface area contributed by atoms with E-state index < -0.39 is 0 Å². The molecule has 0 aliphatic carbocycles. The summed E-state index contributed by atoms with van der Waals surface area (Å²) in [6.45, 7) is 4.32. The zero-order valence-corrected chi connectivity index (χ0v) is 14.5. The first kappa shape index (κ1) is 13.8. The Balaban J connectivity index is 2.45. The smallest absolute Gasteiger partial charge is 0.0271 e. The molecular weight excluding hydrogens is 376 g/mol. The second-order valence-electron chi connectivity index (χ2n) is 5.06.